The molecule has 0 atom stereocenters. The van der Waals surface area contributed by atoms with Crippen LogP contribution >= 0.6 is 11.9 Å². The molecule has 3 aromatic carbocycles. The quantitative estimate of drug-likeness (QED) is 0.352. The van der Waals surface area contributed by atoms with E-state index in [1.165, 1.54) is 24.2 Å². The van der Waals surface area contributed by atoms with Crippen LogP contribution in [0.15, 0.2) is 71.8 Å². The predicted octanol–water partition coefficient (Wildman–Crippen LogP) is 5.90. The molecule has 0 spiro atoms. The Labute approximate surface area is 183 Å². The van der Waals surface area contributed by atoms with Crippen LogP contribution in [0, 0.1) is 17.1 Å². The first-order valence-corrected chi connectivity index (χ1v) is 10.4. The standard InChI is InChI=1S/C23H18FN5OS/c1-2-30-22-14-26-20-11-10-19(17(13-25)23(20)28-22)27-21-12-15(8-9-18(21)24)29-31-16-6-4-3-5-7-16/h3-12,14,27,29H,2H2,1H3. The van der Waals surface area contributed by atoms with Crippen molar-refractivity contribution in [3.05, 3.63) is 78.2 Å². The van der Waals surface area contributed by atoms with Gasteiger partial charge in [0.25, 0.3) is 0 Å². The summed E-state index contributed by atoms with van der Waals surface area (Å²) in [4.78, 5) is 9.71. The summed E-state index contributed by atoms with van der Waals surface area (Å²) in [5.41, 5.74) is 2.61. The number of fused-ring (bicyclic) bond motifs is 1. The zero-order valence-electron chi connectivity index (χ0n) is 16.6. The monoisotopic (exact) mass is 431 g/mol. The molecule has 0 fully saturated rings. The van der Waals surface area contributed by atoms with E-state index in [4.69, 9.17) is 4.74 Å². The van der Waals surface area contributed by atoms with E-state index < -0.39 is 5.82 Å². The van der Waals surface area contributed by atoms with Crippen molar-refractivity contribution in [1.82, 2.24) is 9.97 Å². The topological polar surface area (TPSA) is 82.9 Å². The number of ether oxygens (including phenoxy) is 1. The number of nitrogens with zero attached hydrogens (tertiary/aromatic N) is 3. The minimum absolute atomic E-state index is 0.239. The van der Waals surface area contributed by atoms with Crippen molar-refractivity contribution < 1.29 is 9.13 Å². The molecule has 8 heteroatoms. The molecule has 0 radical (unpaired) electrons. The molecule has 0 aliphatic rings. The number of aromatic nitrogens is 2. The maximum Gasteiger partial charge on any atom is 0.232 e. The SMILES string of the molecule is CCOc1cnc2ccc(Nc3cc(NSc4ccccc4)ccc3F)c(C#N)c2n1. The summed E-state index contributed by atoms with van der Waals surface area (Å²) in [6.07, 6.45) is 1.51. The Morgan fingerprint density at radius 3 is 2.71 bits per heavy atom. The molecule has 0 bridgehead atoms. The van der Waals surface area contributed by atoms with Gasteiger partial charge in [-0.2, -0.15) is 5.26 Å². The second-order valence-corrected chi connectivity index (χ2v) is 7.33. The van der Waals surface area contributed by atoms with E-state index in [1.807, 2.05) is 37.3 Å². The minimum Gasteiger partial charge on any atom is -0.477 e. The van der Waals surface area contributed by atoms with E-state index in [1.54, 1.807) is 24.3 Å². The third-order valence-corrected chi connectivity index (χ3v) is 5.21. The molecule has 154 valence electrons. The highest BCUT2D eigenvalue weighted by Gasteiger charge is 2.13. The molecule has 4 rings (SSSR count). The van der Waals surface area contributed by atoms with E-state index in [2.05, 4.69) is 26.1 Å². The fourth-order valence-electron chi connectivity index (χ4n) is 2.93. The molecule has 6 nitrogen and oxygen atoms in total. The molecular formula is C23H18FN5OS. The molecular weight excluding hydrogens is 413 g/mol. The summed E-state index contributed by atoms with van der Waals surface area (Å²) in [6.45, 7) is 2.28. The lowest BCUT2D eigenvalue weighted by atomic mass is 10.1. The number of nitrogens with one attached hydrogen (secondary N) is 2. The average molecular weight is 431 g/mol. The Morgan fingerprint density at radius 1 is 1.10 bits per heavy atom. The predicted molar refractivity (Wildman–Crippen MR) is 121 cm³/mol. The molecule has 0 aliphatic carbocycles. The highest BCUT2D eigenvalue weighted by Crippen LogP contribution is 2.31. The van der Waals surface area contributed by atoms with Crippen molar-refractivity contribution in [1.29, 1.82) is 5.26 Å². The first kappa shape index (κ1) is 20.4. The van der Waals surface area contributed by atoms with Crippen molar-refractivity contribution >= 4 is 40.0 Å². The van der Waals surface area contributed by atoms with E-state index in [9.17, 15) is 9.65 Å². The lowest BCUT2D eigenvalue weighted by Crippen LogP contribution is -2.01. The van der Waals surface area contributed by atoms with Crippen LogP contribution in [0.1, 0.15) is 12.5 Å². The second kappa shape index (κ2) is 9.32. The van der Waals surface area contributed by atoms with Gasteiger partial charge in [-0.1, -0.05) is 18.2 Å². The maximum atomic E-state index is 14.5. The molecule has 0 aliphatic heterocycles. The van der Waals surface area contributed by atoms with Gasteiger partial charge in [-0.05, 0) is 61.3 Å². The smallest absolute Gasteiger partial charge is 0.232 e. The summed E-state index contributed by atoms with van der Waals surface area (Å²) >= 11 is 1.43. The van der Waals surface area contributed by atoms with Crippen LogP contribution in [0.4, 0.5) is 21.5 Å². The van der Waals surface area contributed by atoms with Crippen molar-refractivity contribution in [2.75, 3.05) is 16.6 Å². The number of halogens is 1. The summed E-state index contributed by atoms with van der Waals surface area (Å²) < 4.78 is 23.1. The van der Waals surface area contributed by atoms with Gasteiger partial charge >= 0.3 is 0 Å². The summed E-state index contributed by atoms with van der Waals surface area (Å²) in [6, 6.07) is 20.0. The molecule has 0 saturated heterocycles. The van der Waals surface area contributed by atoms with Gasteiger partial charge < -0.3 is 14.8 Å². The van der Waals surface area contributed by atoms with Gasteiger partial charge in [-0.3, -0.25) is 0 Å². The normalized spacial score (nSPS) is 10.5. The third-order valence-electron chi connectivity index (χ3n) is 4.36. The van der Waals surface area contributed by atoms with Gasteiger partial charge in [0.1, 0.15) is 23.0 Å². The Balaban J connectivity index is 1.63. The Morgan fingerprint density at radius 2 is 1.94 bits per heavy atom. The van der Waals surface area contributed by atoms with Gasteiger partial charge in [0.2, 0.25) is 5.88 Å². The average Bonchev–Trinajstić information content (AvgIpc) is 2.80. The number of hydrogen-bond acceptors (Lipinski definition) is 7. The molecule has 0 unspecified atom stereocenters. The van der Waals surface area contributed by atoms with Crippen molar-refractivity contribution in [2.45, 2.75) is 11.8 Å². The van der Waals surface area contributed by atoms with Crippen LogP contribution in [-0.4, -0.2) is 16.6 Å². The minimum atomic E-state index is -0.437. The van der Waals surface area contributed by atoms with E-state index in [-0.39, 0.29) is 11.3 Å². The van der Waals surface area contributed by atoms with E-state index >= 15 is 0 Å². The summed E-state index contributed by atoms with van der Waals surface area (Å²) in [5.74, 6) is -0.104. The zero-order valence-corrected chi connectivity index (χ0v) is 17.4. The highest BCUT2D eigenvalue weighted by atomic mass is 32.2. The first-order chi connectivity index (χ1) is 15.2. The lowest BCUT2D eigenvalue weighted by molar-refractivity contribution is 0.327. The second-order valence-electron chi connectivity index (χ2n) is 6.45. The van der Waals surface area contributed by atoms with Gasteiger partial charge in [0, 0.05) is 10.6 Å². The van der Waals surface area contributed by atoms with Crippen LogP contribution in [0.2, 0.25) is 0 Å². The molecule has 0 amide bonds. The Bertz CT molecular complexity index is 1260. The van der Waals surface area contributed by atoms with Crippen LogP contribution in [0.3, 0.4) is 0 Å². The third kappa shape index (κ3) is 4.68. The van der Waals surface area contributed by atoms with Gasteiger partial charge in [-0.25, -0.2) is 14.4 Å². The molecule has 4 aromatic rings. The number of anilines is 3. The van der Waals surface area contributed by atoms with E-state index in [0.29, 0.717) is 29.2 Å². The highest BCUT2D eigenvalue weighted by molar-refractivity contribution is 8.00. The van der Waals surface area contributed by atoms with Gasteiger partial charge in [-0.15, -0.1) is 0 Å². The fraction of sp³-hybridized carbons (Fsp3) is 0.0870. The van der Waals surface area contributed by atoms with Crippen molar-refractivity contribution in [3.63, 3.8) is 0 Å². The maximum absolute atomic E-state index is 14.5. The van der Waals surface area contributed by atoms with Crippen LogP contribution in [0.5, 0.6) is 5.88 Å². The van der Waals surface area contributed by atoms with Crippen LogP contribution in [0.25, 0.3) is 11.0 Å². The number of nitriles is 1. The van der Waals surface area contributed by atoms with Crippen molar-refractivity contribution in [2.24, 2.45) is 0 Å². The van der Waals surface area contributed by atoms with E-state index in [0.717, 1.165) is 10.6 Å². The summed E-state index contributed by atoms with van der Waals surface area (Å²) in [7, 11) is 0. The van der Waals surface area contributed by atoms with Crippen molar-refractivity contribution in [3.8, 4) is 11.9 Å². The molecule has 0 saturated carbocycles. The largest absolute Gasteiger partial charge is 0.477 e. The molecule has 31 heavy (non-hydrogen) atoms. The fourth-order valence-corrected chi connectivity index (χ4v) is 3.59. The summed E-state index contributed by atoms with van der Waals surface area (Å²) in [5, 5.41) is 12.8. The van der Waals surface area contributed by atoms with Crippen LogP contribution in [-0.2, 0) is 0 Å². The number of hydrogen-bond donors (Lipinski definition) is 2. The number of rotatable bonds is 7. The Kier molecular flexibility index (Phi) is 6.15. The molecule has 1 aromatic heterocycles. The van der Waals surface area contributed by atoms with Gasteiger partial charge in [0.05, 0.1) is 29.7 Å². The molecule has 2 N–H and O–H groups in total. The Hall–Kier alpha value is -3.83. The lowest BCUT2D eigenvalue weighted by Gasteiger charge is -2.13. The molecule has 1 heterocycles. The number of benzene rings is 3. The van der Waals surface area contributed by atoms with Crippen LogP contribution < -0.4 is 14.8 Å². The first-order valence-electron chi connectivity index (χ1n) is 9.55. The zero-order chi connectivity index (χ0) is 21.6. The van der Waals surface area contributed by atoms with Gasteiger partial charge in [0.15, 0.2) is 0 Å².